The molecule has 0 saturated carbocycles. The average Bonchev–Trinajstić information content (AvgIpc) is 2.72. The van der Waals surface area contributed by atoms with Gasteiger partial charge < -0.3 is 24.1 Å². The second-order valence-electron chi connectivity index (χ2n) is 8.18. The third kappa shape index (κ3) is 4.55. The predicted octanol–water partition coefficient (Wildman–Crippen LogP) is 1.33. The molecule has 1 aliphatic heterocycles. The molecule has 4 rings (SSSR count). The molecule has 0 aliphatic carbocycles. The Morgan fingerprint density at radius 2 is 2.00 bits per heavy atom. The van der Waals surface area contributed by atoms with E-state index in [2.05, 4.69) is 0 Å². The summed E-state index contributed by atoms with van der Waals surface area (Å²) < 4.78 is 22.8. The fourth-order valence-electron chi connectivity index (χ4n) is 4.30. The molecule has 2 heterocycles. The number of halogens is 1. The van der Waals surface area contributed by atoms with E-state index in [4.69, 9.17) is 20.5 Å². The minimum absolute atomic E-state index is 0.0373. The number of benzene rings is 2. The molecule has 0 amide bonds. The van der Waals surface area contributed by atoms with Crippen molar-refractivity contribution in [1.29, 1.82) is 0 Å². The standard InChI is InChI=1S/C21H22BClNO8P/c1-24-7-6-11(14(26)9-24)16-20-17(19(27)18(22)21(16)32-33(28,29)30)13(25)8-15(31-20)10-4-2-3-5-12(10)23/h2-5,8,11,14,26-27H,6-7,9,22H2,1H3,(H2,28,29,30)/t11-,14+/m0/s1. The summed E-state index contributed by atoms with van der Waals surface area (Å²) >= 11 is 6.28. The van der Waals surface area contributed by atoms with Gasteiger partial charge in [-0.3, -0.25) is 14.6 Å². The smallest absolute Gasteiger partial charge is 0.507 e. The number of aromatic hydroxyl groups is 1. The number of likely N-dealkylation sites (N-methyl/N-ethyl adjacent to an activating group) is 1. The highest BCUT2D eigenvalue weighted by Crippen LogP contribution is 2.47. The van der Waals surface area contributed by atoms with Crippen molar-refractivity contribution in [2.24, 2.45) is 0 Å². The van der Waals surface area contributed by atoms with Crippen molar-refractivity contribution in [2.75, 3.05) is 20.1 Å². The van der Waals surface area contributed by atoms with Gasteiger partial charge in [0.2, 0.25) is 0 Å². The van der Waals surface area contributed by atoms with Gasteiger partial charge in [-0.05, 0) is 37.6 Å². The number of phenols is 1. The summed E-state index contributed by atoms with van der Waals surface area (Å²) in [4.78, 5) is 34.1. The fourth-order valence-corrected chi connectivity index (χ4v) is 5.00. The van der Waals surface area contributed by atoms with Crippen LogP contribution in [0.15, 0.2) is 39.5 Å². The van der Waals surface area contributed by atoms with Crippen molar-refractivity contribution in [3.05, 3.63) is 51.1 Å². The number of phenolic OH excluding ortho intramolecular Hbond substituents is 1. The molecule has 12 heteroatoms. The van der Waals surface area contributed by atoms with Crippen molar-refractivity contribution in [1.82, 2.24) is 4.90 Å². The van der Waals surface area contributed by atoms with Crippen molar-refractivity contribution in [3.63, 3.8) is 0 Å². The number of phosphoric ester groups is 1. The summed E-state index contributed by atoms with van der Waals surface area (Å²) in [5.74, 6) is -1.40. The quantitative estimate of drug-likeness (QED) is 0.313. The maximum atomic E-state index is 13.1. The molecular weight excluding hydrogens is 471 g/mol. The number of likely N-dealkylation sites (tertiary alicyclic amines) is 1. The third-order valence-corrected chi connectivity index (χ3v) is 6.62. The summed E-state index contributed by atoms with van der Waals surface area (Å²) in [6.45, 7) is 0.864. The van der Waals surface area contributed by atoms with Crippen molar-refractivity contribution in [3.8, 4) is 22.8 Å². The molecule has 1 aromatic heterocycles. The minimum atomic E-state index is -5.06. The lowest BCUT2D eigenvalue weighted by molar-refractivity contribution is 0.0632. The van der Waals surface area contributed by atoms with Gasteiger partial charge in [-0.25, -0.2) is 4.57 Å². The normalized spacial score (nSPS) is 19.7. The number of fused-ring (bicyclic) bond motifs is 1. The van der Waals surface area contributed by atoms with Crippen LogP contribution in [0.25, 0.3) is 22.3 Å². The zero-order valence-electron chi connectivity index (χ0n) is 17.9. The second-order valence-corrected chi connectivity index (χ2v) is 9.75. The van der Waals surface area contributed by atoms with Crippen LogP contribution in [0.3, 0.4) is 0 Å². The van der Waals surface area contributed by atoms with Crippen LogP contribution in [0.4, 0.5) is 0 Å². The molecule has 9 nitrogen and oxygen atoms in total. The molecule has 174 valence electrons. The Bertz CT molecular complexity index is 1340. The Kier molecular flexibility index (Phi) is 6.35. The van der Waals surface area contributed by atoms with Crippen LogP contribution in [0.1, 0.15) is 17.9 Å². The first-order chi connectivity index (χ1) is 15.5. The minimum Gasteiger partial charge on any atom is -0.507 e. The maximum Gasteiger partial charge on any atom is 0.524 e. The van der Waals surface area contributed by atoms with Gasteiger partial charge in [0.1, 0.15) is 36.1 Å². The number of phosphoric acid groups is 1. The van der Waals surface area contributed by atoms with Crippen LogP contribution >= 0.6 is 19.4 Å². The van der Waals surface area contributed by atoms with Crippen molar-refractivity contribution in [2.45, 2.75) is 18.4 Å². The Morgan fingerprint density at radius 3 is 2.64 bits per heavy atom. The van der Waals surface area contributed by atoms with Crippen LogP contribution in [0.5, 0.6) is 11.5 Å². The summed E-state index contributed by atoms with van der Waals surface area (Å²) in [5.41, 5.74) is -0.179. The van der Waals surface area contributed by atoms with Gasteiger partial charge in [0.15, 0.2) is 5.43 Å². The highest BCUT2D eigenvalue weighted by atomic mass is 35.5. The lowest BCUT2D eigenvalue weighted by Crippen LogP contribution is -2.41. The molecule has 4 N–H and O–H groups in total. The first kappa shape index (κ1) is 23.8. The SMILES string of the molecule is Bc1c(OP(=O)(O)O)c([C@H]2CCN(C)C[C@H]2O)c2oc(-c3ccccc3Cl)cc(=O)c2c1O. The van der Waals surface area contributed by atoms with Crippen LogP contribution in [0, 0.1) is 0 Å². The second kappa shape index (κ2) is 8.79. The van der Waals surface area contributed by atoms with Crippen molar-refractivity contribution < 1.29 is 33.5 Å². The highest BCUT2D eigenvalue weighted by Gasteiger charge is 2.36. The molecule has 3 aromatic rings. The first-order valence-corrected chi connectivity index (χ1v) is 12.1. The number of hydrogen-bond donors (Lipinski definition) is 4. The van der Waals surface area contributed by atoms with Gasteiger partial charge in [-0.2, -0.15) is 0 Å². The summed E-state index contributed by atoms with van der Waals surface area (Å²) in [5, 5.41) is 21.8. The van der Waals surface area contributed by atoms with E-state index >= 15 is 0 Å². The van der Waals surface area contributed by atoms with Gasteiger partial charge >= 0.3 is 7.82 Å². The number of aliphatic hydroxyl groups is 1. The van der Waals surface area contributed by atoms with E-state index in [0.717, 1.165) is 0 Å². The lowest BCUT2D eigenvalue weighted by Gasteiger charge is -2.35. The number of aliphatic hydroxyl groups excluding tert-OH is 1. The van der Waals surface area contributed by atoms with E-state index in [-0.39, 0.29) is 40.1 Å². The van der Waals surface area contributed by atoms with Crippen LogP contribution < -0.4 is 15.4 Å². The topological polar surface area (TPSA) is 141 Å². The van der Waals surface area contributed by atoms with Crippen LogP contribution in [-0.4, -0.2) is 59.0 Å². The molecule has 0 bridgehead atoms. The van der Waals surface area contributed by atoms with Gasteiger partial charge in [0.25, 0.3) is 0 Å². The molecular formula is C21H22BClNO8P. The molecule has 33 heavy (non-hydrogen) atoms. The van der Waals surface area contributed by atoms with Crippen LogP contribution in [0.2, 0.25) is 5.02 Å². The monoisotopic (exact) mass is 493 g/mol. The Morgan fingerprint density at radius 1 is 1.30 bits per heavy atom. The number of rotatable bonds is 4. The van der Waals surface area contributed by atoms with Crippen LogP contribution in [-0.2, 0) is 4.57 Å². The van der Waals surface area contributed by atoms with Crippen molar-refractivity contribution >= 4 is 43.7 Å². The van der Waals surface area contributed by atoms with E-state index < -0.39 is 31.0 Å². The molecule has 2 atom stereocenters. The molecule has 1 saturated heterocycles. The molecule has 0 unspecified atom stereocenters. The zero-order valence-corrected chi connectivity index (χ0v) is 19.5. The first-order valence-electron chi connectivity index (χ1n) is 10.2. The Labute approximate surface area is 194 Å². The molecule has 2 aromatic carbocycles. The Hall–Kier alpha value is -2.33. The molecule has 1 fully saturated rings. The fraction of sp³-hybridized carbons (Fsp3) is 0.286. The van der Waals surface area contributed by atoms with E-state index in [1.165, 1.54) is 13.9 Å². The lowest BCUT2D eigenvalue weighted by atomic mass is 9.80. The number of hydrogen-bond acceptors (Lipinski definition) is 7. The average molecular weight is 494 g/mol. The van der Waals surface area contributed by atoms with Gasteiger partial charge in [-0.1, -0.05) is 23.7 Å². The zero-order chi connectivity index (χ0) is 24.1. The largest absolute Gasteiger partial charge is 0.524 e. The number of β-amino-alcohol motifs (C(OH)–C–C–N with tert-alkyl or cyclic N) is 1. The van der Waals surface area contributed by atoms with E-state index in [9.17, 15) is 29.4 Å². The molecule has 0 radical (unpaired) electrons. The number of nitrogens with zero attached hydrogens (tertiary/aromatic N) is 1. The predicted molar refractivity (Wildman–Crippen MR) is 126 cm³/mol. The van der Waals surface area contributed by atoms with E-state index in [1.54, 1.807) is 24.3 Å². The Balaban J connectivity index is 2.10. The molecule has 0 spiro atoms. The van der Waals surface area contributed by atoms with Gasteiger partial charge in [0, 0.05) is 29.7 Å². The highest BCUT2D eigenvalue weighted by molar-refractivity contribution is 7.46. The maximum absolute atomic E-state index is 13.1. The van der Waals surface area contributed by atoms with Gasteiger partial charge in [-0.15, -0.1) is 0 Å². The van der Waals surface area contributed by atoms with Gasteiger partial charge in [0.05, 0.1) is 11.1 Å². The summed E-state index contributed by atoms with van der Waals surface area (Å²) in [6, 6.07) is 7.89. The summed E-state index contributed by atoms with van der Waals surface area (Å²) in [6.07, 6.45) is -0.543. The molecule has 1 aliphatic rings. The third-order valence-electron chi connectivity index (χ3n) is 5.87. The summed E-state index contributed by atoms with van der Waals surface area (Å²) in [7, 11) is -1.84. The van der Waals surface area contributed by atoms with E-state index in [1.807, 2.05) is 11.9 Å². The van der Waals surface area contributed by atoms with E-state index in [0.29, 0.717) is 23.6 Å². The number of piperidine rings is 1.